The van der Waals surface area contributed by atoms with Crippen LogP contribution in [0.15, 0.2) is 46.9 Å². The molecule has 3 atom stereocenters. The zero-order chi connectivity index (χ0) is 16.7. The van der Waals surface area contributed by atoms with Crippen LogP contribution in [-0.2, 0) is 11.2 Å². The van der Waals surface area contributed by atoms with Crippen molar-refractivity contribution >= 4 is 22.2 Å². The van der Waals surface area contributed by atoms with E-state index in [2.05, 4.69) is 57.6 Å². The SMILES string of the molecule is COc1ccc2c(c1)CC1(CCNC1C=O)C2c1ccc(Br)cc1. The van der Waals surface area contributed by atoms with E-state index in [1.54, 1.807) is 7.11 Å². The highest BCUT2D eigenvalue weighted by atomic mass is 79.9. The number of nitrogens with one attached hydrogen (secondary N) is 1. The van der Waals surface area contributed by atoms with Gasteiger partial charge in [-0.05, 0) is 60.3 Å². The quantitative estimate of drug-likeness (QED) is 0.818. The van der Waals surface area contributed by atoms with Gasteiger partial charge in [0.2, 0.25) is 0 Å². The Balaban J connectivity index is 1.88. The van der Waals surface area contributed by atoms with Crippen molar-refractivity contribution in [2.45, 2.75) is 24.8 Å². The van der Waals surface area contributed by atoms with Crippen LogP contribution in [0, 0.1) is 5.41 Å². The molecule has 124 valence electrons. The fourth-order valence-corrected chi connectivity index (χ4v) is 4.87. The normalized spacial score (nSPS) is 28.1. The Labute approximate surface area is 150 Å². The molecule has 1 heterocycles. The Morgan fingerprint density at radius 3 is 2.75 bits per heavy atom. The number of benzene rings is 2. The minimum Gasteiger partial charge on any atom is -0.497 e. The van der Waals surface area contributed by atoms with E-state index < -0.39 is 0 Å². The highest BCUT2D eigenvalue weighted by Crippen LogP contribution is 2.56. The molecule has 2 aliphatic rings. The van der Waals surface area contributed by atoms with E-state index >= 15 is 0 Å². The van der Waals surface area contributed by atoms with Crippen LogP contribution in [0.5, 0.6) is 5.75 Å². The molecule has 0 saturated carbocycles. The summed E-state index contributed by atoms with van der Waals surface area (Å²) in [5.74, 6) is 1.12. The predicted octanol–water partition coefficient (Wildman–Crippen LogP) is 3.69. The van der Waals surface area contributed by atoms with Crippen molar-refractivity contribution < 1.29 is 9.53 Å². The van der Waals surface area contributed by atoms with Gasteiger partial charge in [-0.2, -0.15) is 0 Å². The van der Waals surface area contributed by atoms with Crippen LogP contribution in [0.1, 0.15) is 29.0 Å². The molecule has 2 aromatic carbocycles. The summed E-state index contributed by atoms with van der Waals surface area (Å²) in [6.45, 7) is 0.890. The molecule has 1 spiro atoms. The smallest absolute Gasteiger partial charge is 0.137 e. The van der Waals surface area contributed by atoms with Gasteiger partial charge in [0.25, 0.3) is 0 Å². The molecule has 4 rings (SSSR count). The van der Waals surface area contributed by atoms with E-state index in [-0.39, 0.29) is 17.4 Å². The molecule has 1 N–H and O–H groups in total. The molecule has 1 saturated heterocycles. The fraction of sp³-hybridized carbons (Fsp3) is 0.350. The number of aldehydes is 1. The summed E-state index contributed by atoms with van der Waals surface area (Å²) in [4.78, 5) is 11.8. The third-order valence-corrected chi connectivity index (χ3v) is 6.20. The maximum absolute atomic E-state index is 11.8. The zero-order valence-electron chi connectivity index (χ0n) is 13.6. The van der Waals surface area contributed by atoms with Crippen LogP contribution in [-0.4, -0.2) is 26.0 Å². The van der Waals surface area contributed by atoms with E-state index in [1.165, 1.54) is 16.7 Å². The van der Waals surface area contributed by atoms with Gasteiger partial charge in [-0.3, -0.25) is 0 Å². The number of rotatable bonds is 3. The number of hydrogen-bond donors (Lipinski definition) is 1. The van der Waals surface area contributed by atoms with E-state index in [1.807, 2.05) is 6.07 Å². The highest BCUT2D eigenvalue weighted by Gasteiger charge is 2.53. The highest BCUT2D eigenvalue weighted by molar-refractivity contribution is 9.10. The van der Waals surface area contributed by atoms with E-state index in [9.17, 15) is 4.79 Å². The number of ether oxygens (including phenoxy) is 1. The van der Waals surface area contributed by atoms with Crippen molar-refractivity contribution in [3.05, 3.63) is 63.6 Å². The van der Waals surface area contributed by atoms with E-state index in [0.717, 1.165) is 35.9 Å². The van der Waals surface area contributed by atoms with Gasteiger partial charge < -0.3 is 14.8 Å². The maximum atomic E-state index is 11.8. The molecule has 1 aliphatic heterocycles. The second kappa shape index (κ2) is 6.01. The number of methoxy groups -OCH3 is 1. The summed E-state index contributed by atoms with van der Waals surface area (Å²) in [6.07, 6.45) is 3.02. The van der Waals surface area contributed by atoms with Crippen molar-refractivity contribution in [2.24, 2.45) is 5.41 Å². The first-order valence-corrected chi connectivity index (χ1v) is 9.08. The third kappa shape index (κ3) is 2.32. The van der Waals surface area contributed by atoms with Gasteiger partial charge in [-0.15, -0.1) is 0 Å². The van der Waals surface area contributed by atoms with Crippen LogP contribution in [0.3, 0.4) is 0 Å². The van der Waals surface area contributed by atoms with Crippen molar-refractivity contribution in [3.63, 3.8) is 0 Å². The molecule has 0 radical (unpaired) electrons. The standard InChI is InChI=1S/C20H20BrNO2/c1-24-16-6-7-17-14(10-16)11-20(8-9-22-18(20)12-23)19(17)13-2-4-15(21)5-3-13/h2-7,10,12,18-19,22H,8-9,11H2,1H3. The van der Waals surface area contributed by atoms with Gasteiger partial charge in [-0.25, -0.2) is 0 Å². The van der Waals surface area contributed by atoms with Crippen LogP contribution < -0.4 is 10.1 Å². The lowest BCUT2D eigenvalue weighted by molar-refractivity contribution is -0.111. The monoisotopic (exact) mass is 385 g/mol. The Morgan fingerprint density at radius 2 is 2.04 bits per heavy atom. The van der Waals surface area contributed by atoms with Crippen molar-refractivity contribution in [1.29, 1.82) is 0 Å². The van der Waals surface area contributed by atoms with Gasteiger partial charge in [0.1, 0.15) is 12.0 Å². The average molecular weight is 386 g/mol. The van der Waals surface area contributed by atoms with Crippen LogP contribution >= 0.6 is 15.9 Å². The Morgan fingerprint density at radius 1 is 1.25 bits per heavy atom. The first kappa shape index (κ1) is 15.9. The number of fused-ring (bicyclic) bond motifs is 1. The summed E-state index contributed by atoms with van der Waals surface area (Å²) in [5, 5.41) is 3.41. The van der Waals surface area contributed by atoms with Gasteiger partial charge in [-0.1, -0.05) is 34.1 Å². The molecule has 0 aromatic heterocycles. The second-order valence-electron chi connectivity index (χ2n) is 6.78. The predicted molar refractivity (Wildman–Crippen MR) is 97.6 cm³/mol. The average Bonchev–Trinajstić information content (AvgIpc) is 3.15. The summed E-state index contributed by atoms with van der Waals surface area (Å²) in [6, 6.07) is 14.8. The molecule has 0 bridgehead atoms. The van der Waals surface area contributed by atoms with Crippen LogP contribution in [0.25, 0.3) is 0 Å². The van der Waals surface area contributed by atoms with Crippen molar-refractivity contribution in [3.8, 4) is 5.75 Å². The summed E-state index contributed by atoms with van der Waals surface area (Å²) >= 11 is 3.52. The number of carbonyl (C=O) groups is 1. The zero-order valence-corrected chi connectivity index (χ0v) is 15.2. The molecule has 0 amide bonds. The molecule has 2 aromatic rings. The van der Waals surface area contributed by atoms with Gasteiger partial charge in [0.15, 0.2) is 0 Å². The minimum atomic E-state index is -0.107. The van der Waals surface area contributed by atoms with Gasteiger partial charge in [0, 0.05) is 15.8 Å². The van der Waals surface area contributed by atoms with E-state index in [4.69, 9.17) is 4.74 Å². The molecule has 1 fully saturated rings. The molecule has 3 nitrogen and oxygen atoms in total. The molecular formula is C20H20BrNO2. The largest absolute Gasteiger partial charge is 0.497 e. The van der Waals surface area contributed by atoms with Crippen LogP contribution in [0.4, 0.5) is 0 Å². The number of hydrogen-bond acceptors (Lipinski definition) is 3. The van der Waals surface area contributed by atoms with Crippen LogP contribution in [0.2, 0.25) is 0 Å². The summed E-state index contributed by atoms with van der Waals surface area (Å²) < 4.78 is 6.48. The first-order chi connectivity index (χ1) is 11.7. The lowest BCUT2D eigenvalue weighted by atomic mass is 9.68. The molecular weight excluding hydrogens is 366 g/mol. The van der Waals surface area contributed by atoms with Gasteiger partial charge in [0.05, 0.1) is 13.2 Å². The Hall–Kier alpha value is -1.65. The Kier molecular flexibility index (Phi) is 3.97. The molecule has 3 unspecified atom stereocenters. The van der Waals surface area contributed by atoms with Crippen molar-refractivity contribution in [1.82, 2.24) is 5.32 Å². The summed E-state index contributed by atoms with van der Waals surface area (Å²) in [5.41, 5.74) is 3.83. The maximum Gasteiger partial charge on any atom is 0.137 e. The molecule has 1 aliphatic carbocycles. The lowest BCUT2D eigenvalue weighted by Gasteiger charge is -2.35. The van der Waals surface area contributed by atoms with Crippen molar-refractivity contribution in [2.75, 3.05) is 13.7 Å². The number of carbonyl (C=O) groups excluding carboxylic acids is 1. The first-order valence-electron chi connectivity index (χ1n) is 8.29. The second-order valence-corrected chi connectivity index (χ2v) is 7.69. The summed E-state index contributed by atoms with van der Waals surface area (Å²) in [7, 11) is 1.70. The third-order valence-electron chi connectivity index (χ3n) is 5.67. The molecule has 4 heteroatoms. The lowest BCUT2D eigenvalue weighted by Crippen LogP contribution is -2.41. The van der Waals surface area contributed by atoms with Gasteiger partial charge >= 0.3 is 0 Å². The minimum absolute atomic E-state index is 0.0791. The fourth-order valence-electron chi connectivity index (χ4n) is 4.60. The topological polar surface area (TPSA) is 38.3 Å². The number of halogens is 1. The molecule has 24 heavy (non-hydrogen) atoms. The van der Waals surface area contributed by atoms with E-state index in [0.29, 0.717) is 0 Å². The Bertz CT molecular complexity index is 774.